The zero-order valence-corrected chi connectivity index (χ0v) is 11.1. The van der Waals surface area contributed by atoms with Crippen LogP contribution in [0.15, 0.2) is 12.7 Å². The number of hydrogen-bond acceptors (Lipinski definition) is 2. The highest BCUT2D eigenvalue weighted by molar-refractivity contribution is 5.84. The number of carboxylic acid groups (broad SMARTS) is 1. The molecule has 1 aliphatic rings. The monoisotopic (exact) mass is 253 g/mol. The van der Waals surface area contributed by atoms with Crippen LogP contribution in [0.1, 0.15) is 38.5 Å². The smallest absolute Gasteiger partial charge is 0.307 e. The number of hydrogen-bond donors (Lipinski definition) is 1. The summed E-state index contributed by atoms with van der Waals surface area (Å²) in [6.07, 6.45) is 6.81. The van der Waals surface area contributed by atoms with Crippen molar-refractivity contribution in [2.45, 2.75) is 38.5 Å². The summed E-state index contributed by atoms with van der Waals surface area (Å²) in [4.78, 5) is 25.1. The number of carboxylic acids is 1. The largest absolute Gasteiger partial charge is 0.481 e. The Morgan fingerprint density at radius 2 is 1.94 bits per heavy atom. The summed E-state index contributed by atoms with van der Waals surface area (Å²) in [6.45, 7) is 4.32. The van der Waals surface area contributed by atoms with Crippen molar-refractivity contribution in [3.05, 3.63) is 12.7 Å². The molecule has 0 spiro atoms. The summed E-state index contributed by atoms with van der Waals surface area (Å²) >= 11 is 0. The highest BCUT2D eigenvalue weighted by Gasteiger charge is 2.36. The second-order valence-electron chi connectivity index (χ2n) is 5.03. The normalized spacial score (nSPS) is 23.4. The molecule has 0 aromatic heterocycles. The van der Waals surface area contributed by atoms with Crippen LogP contribution in [-0.4, -0.2) is 35.5 Å². The Balaban J connectivity index is 2.56. The first-order chi connectivity index (χ1) is 8.57. The van der Waals surface area contributed by atoms with Crippen molar-refractivity contribution in [3.8, 4) is 0 Å². The zero-order chi connectivity index (χ0) is 13.5. The lowest BCUT2D eigenvalue weighted by molar-refractivity contribution is -0.151. The third-order valence-corrected chi connectivity index (χ3v) is 3.68. The first kappa shape index (κ1) is 14.7. The lowest BCUT2D eigenvalue weighted by atomic mass is 9.78. The van der Waals surface area contributed by atoms with Crippen molar-refractivity contribution in [2.75, 3.05) is 13.6 Å². The van der Waals surface area contributed by atoms with Crippen LogP contribution in [0, 0.1) is 11.8 Å². The molecule has 0 heterocycles. The van der Waals surface area contributed by atoms with E-state index < -0.39 is 11.9 Å². The Bertz CT molecular complexity index is 314. The Kier molecular flexibility index (Phi) is 5.89. The maximum atomic E-state index is 12.2. The lowest BCUT2D eigenvalue weighted by Gasteiger charge is -2.31. The molecule has 4 heteroatoms. The van der Waals surface area contributed by atoms with E-state index >= 15 is 0 Å². The van der Waals surface area contributed by atoms with Gasteiger partial charge in [-0.2, -0.15) is 0 Å². The van der Waals surface area contributed by atoms with Gasteiger partial charge < -0.3 is 10.0 Å². The summed E-state index contributed by atoms with van der Waals surface area (Å²) in [6, 6.07) is 0. The number of unbranched alkanes of at least 4 members (excludes halogenated alkanes) is 1. The molecular formula is C14H23NO3. The van der Waals surface area contributed by atoms with E-state index in [9.17, 15) is 9.59 Å². The van der Waals surface area contributed by atoms with Crippen molar-refractivity contribution in [1.29, 1.82) is 0 Å². The molecule has 1 rings (SSSR count). The molecule has 2 atom stereocenters. The van der Waals surface area contributed by atoms with Crippen LogP contribution in [0.4, 0.5) is 0 Å². The quantitative estimate of drug-likeness (QED) is 0.583. The van der Waals surface area contributed by atoms with Crippen LogP contribution >= 0.6 is 0 Å². The molecule has 18 heavy (non-hydrogen) atoms. The van der Waals surface area contributed by atoms with E-state index in [0.29, 0.717) is 19.4 Å². The van der Waals surface area contributed by atoms with Gasteiger partial charge in [0.2, 0.25) is 5.91 Å². The second kappa shape index (κ2) is 7.19. The van der Waals surface area contributed by atoms with Crippen LogP contribution < -0.4 is 0 Å². The van der Waals surface area contributed by atoms with Crippen molar-refractivity contribution in [3.63, 3.8) is 0 Å². The van der Waals surface area contributed by atoms with Crippen molar-refractivity contribution < 1.29 is 14.7 Å². The Morgan fingerprint density at radius 1 is 1.33 bits per heavy atom. The summed E-state index contributed by atoms with van der Waals surface area (Å²) < 4.78 is 0. The molecule has 1 N–H and O–H groups in total. The number of aliphatic carboxylic acids is 1. The molecule has 0 aliphatic heterocycles. The molecule has 0 aromatic rings. The molecule has 1 fully saturated rings. The first-order valence-corrected chi connectivity index (χ1v) is 6.66. The summed E-state index contributed by atoms with van der Waals surface area (Å²) in [5.41, 5.74) is 0. The van der Waals surface area contributed by atoms with Crippen LogP contribution in [0.3, 0.4) is 0 Å². The van der Waals surface area contributed by atoms with Crippen molar-refractivity contribution in [2.24, 2.45) is 11.8 Å². The summed E-state index contributed by atoms with van der Waals surface area (Å²) in [5.74, 6) is -1.66. The van der Waals surface area contributed by atoms with Crippen molar-refractivity contribution >= 4 is 11.9 Å². The first-order valence-electron chi connectivity index (χ1n) is 6.66. The van der Waals surface area contributed by atoms with E-state index in [4.69, 9.17) is 5.11 Å². The number of rotatable bonds is 6. The molecule has 0 aromatic carbocycles. The van der Waals surface area contributed by atoms with Crippen LogP contribution in [0.25, 0.3) is 0 Å². The average Bonchev–Trinajstić information content (AvgIpc) is 2.38. The molecule has 0 radical (unpaired) electrons. The van der Waals surface area contributed by atoms with E-state index in [1.807, 2.05) is 6.08 Å². The minimum atomic E-state index is -0.826. The number of nitrogens with zero attached hydrogens (tertiary/aromatic N) is 1. The fourth-order valence-electron chi connectivity index (χ4n) is 2.59. The standard InChI is InChI=1S/C14H23NO3/c1-3-4-7-10-15(2)13(16)11-8-5-6-9-12(11)14(17)18/h3,11-12H,1,4-10H2,2H3,(H,17,18). The maximum absolute atomic E-state index is 12.2. The number of allylic oxidation sites excluding steroid dienone is 1. The van der Waals surface area contributed by atoms with E-state index in [0.717, 1.165) is 25.7 Å². The zero-order valence-electron chi connectivity index (χ0n) is 11.1. The molecule has 4 nitrogen and oxygen atoms in total. The van der Waals surface area contributed by atoms with E-state index in [2.05, 4.69) is 6.58 Å². The average molecular weight is 253 g/mol. The molecule has 2 unspecified atom stereocenters. The van der Waals surface area contributed by atoms with E-state index in [-0.39, 0.29) is 11.8 Å². The van der Waals surface area contributed by atoms with E-state index in [1.54, 1.807) is 11.9 Å². The molecular weight excluding hydrogens is 230 g/mol. The maximum Gasteiger partial charge on any atom is 0.307 e. The van der Waals surface area contributed by atoms with Gasteiger partial charge in [0.25, 0.3) is 0 Å². The lowest BCUT2D eigenvalue weighted by Crippen LogP contribution is -2.41. The van der Waals surface area contributed by atoms with Crippen LogP contribution in [0.2, 0.25) is 0 Å². The highest BCUT2D eigenvalue weighted by atomic mass is 16.4. The molecule has 0 bridgehead atoms. The highest BCUT2D eigenvalue weighted by Crippen LogP contribution is 2.31. The van der Waals surface area contributed by atoms with Gasteiger partial charge in [-0.3, -0.25) is 9.59 Å². The minimum absolute atomic E-state index is 0.00818. The number of carbonyl (C=O) groups excluding carboxylic acids is 1. The third kappa shape index (κ3) is 3.86. The van der Waals surface area contributed by atoms with Crippen molar-refractivity contribution in [1.82, 2.24) is 4.90 Å². The SMILES string of the molecule is C=CCCCN(C)C(=O)C1CCCCC1C(=O)O. The molecule has 1 aliphatic carbocycles. The Hall–Kier alpha value is -1.32. The van der Waals surface area contributed by atoms with Gasteiger partial charge in [-0.25, -0.2) is 0 Å². The van der Waals surface area contributed by atoms with Crippen LogP contribution in [-0.2, 0) is 9.59 Å². The molecule has 1 saturated carbocycles. The van der Waals surface area contributed by atoms with Gasteiger partial charge in [-0.1, -0.05) is 18.9 Å². The summed E-state index contributed by atoms with van der Waals surface area (Å²) in [5, 5.41) is 9.17. The van der Waals surface area contributed by atoms with Gasteiger partial charge in [-0.05, 0) is 25.7 Å². The number of carbonyl (C=O) groups is 2. The fourth-order valence-corrected chi connectivity index (χ4v) is 2.59. The van der Waals surface area contributed by atoms with Gasteiger partial charge in [0.1, 0.15) is 0 Å². The van der Waals surface area contributed by atoms with Gasteiger partial charge in [0.15, 0.2) is 0 Å². The topological polar surface area (TPSA) is 57.6 Å². The summed E-state index contributed by atoms with van der Waals surface area (Å²) in [7, 11) is 1.76. The predicted octanol–water partition coefficient (Wildman–Crippen LogP) is 2.30. The molecule has 0 saturated heterocycles. The van der Waals surface area contributed by atoms with Gasteiger partial charge >= 0.3 is 5.97 Å². The predicted molar refractivity (Wildman–Crippen MR) is 70.2 cm³/mol. The molecule has 102 valence electrons. The minimum Gasteiger partial charge on any atom is -0.481 e. The second-order valence-corrected chi connectivity index (χ2v) is 5.03. The Labute approximate surface area is 109 Å². The van der Waals surface area contributed by atoms with Gasteiger partial charge in [-0.15, -0.1) is 6.58 Å². The fraction of sp³-hybridized carbons (Fsp3) is 0.714. The van der Waals surface area contributed by atoms with Crippen LogP contribution in [0.5, 0.6) is 0 Å². The third-order valence-electron chi connectivity index (χ3n) is 3.68. The molecule has 1 amide bonds. The van der Waals surface area contributed by atoms with Gasteiger partial charge in [0.05, 0.1) is 11.8 Å². The number of amides is 1. The van der Waals surface area contributed by atoms with Gasteiger partial charge in [0, 0.05) is 13.6 Å². The van der Waals surface area contributed by atoms with E-state index in [1.165, 1.54) is 0 Å². The Morgan fingerprint density at radius 3 is 2.50 bits per heavy atom.